The molecule has 0 unspecified atom stereocenters. The topological polar surface area (TPSA) is 96.9 Å². The zero-order chi connectivity index (χ0) is 11.3. The van der Waals surface area contributed by atoms with Crippen molar-refractivity contribution >= 4 is 18.0 Å². The number of benzene rings is 1. The van der Waals surface area contributed by atoms with Crippen LogP contribution in [0.3, 0.4) is 0 Å². The molecule has 1 rings (SSSR count). The third-order valence-corrected chi connectivity index (χ3v) is 1.70. The van der Waals surface area contributed by atoms with Crippen LogP contribution >= 0.6 is 0 Å². The predicted octanol–water partition coefficient (Wildman–Crippen LogP) is 0.517. The molecule has 0 aromatic heterocycles. The number of rotatable bonds is 4. The van der Waals surface area contributed by atoms with E-state index in [1.165, 1.54) is 31.6 Å². The van der Waals surface area contributed by atoms with Crippen molar-refractivity contribution in [3.63, 3.8) is 0 Å². The highest BCUT2D eigenvalue weighted by molar-refractivity contribution is 5.89. The van der Waals surface area contributed by atoms with Crippen LogP contribution in [0.5, 0.6) is 5.75 Å². The lowest BCUT2D eigenvalue weighted by molar-refractivity contribution is 0.0696. The number of hydrogen-bond acceptors (Lipinski definition) is 4. The van der Waals surface area contributed by atoms with E-state index in [2.05, 4.69) is 10.4 Å². The van der Waals surface area contributed by atoms with Crippen LogP contribution in [0.2, 0.25) is 0 Å². The molecule has 1 aromatic carbocycles. The van der Waals surface area contributed by atoms with Crippen molar-refractivity contribution in [2.45, 2.75) is 0 Å². The Labute approximate surface area is 86.4 Å². The number of nitrogens with two attached hydrogens (primary N) is 1. The summed E-state index contributed by atoms with van der Waals surface area (Å²) in [4.78, 5) is 14.6. The smallest absolute Gasteiger partial charge is 0.335 e. The van der Waals surface area contributed by atoms with Crippen LogP contribution in [0.4, 0.5) is 5.69 Å². The molecule has 15 heavy (non-hydrogen) atoms. The van der Waals surface area contributed by atoms with E-state index in [0.29, 0.717) is 11.4 Å². The second-order valence-electron chi connectivity index (χ2n) is 2.62. The van der Waals surface area contributed by atoms with Gasteiger partial charge in [0.05, 0.1) is 12.7 Å². The van der Waals surface area contributed by atoms with Gasteiger partial charge < -0.3 is 15.3 Å². The van der Waals surface area contributed by atoms with Gasteiger partial charge in [0.2, 0.25) is 0 Å². The molecule has 0 bridgehead atoms. The Morgan fingerprint density at radius 1 is 1.67 bits per heavy atom. The summed E-state index contributed by atoms with van der Waals surface area (Å²) in [7, 11) is 1.44. The number of aromatic carboxylic acids is 1. The van der Waals surface area contributed by atoms with Crippen molar-refractivity contribution in [1.82, 2.24) is 5.43 Å². The van der Waals surface area contributed by atoms with Crippen molar-refractivity contribution in [1.29, 1.82) is 0 Å². The van der Waals surface area contributed by atoms with Gasteiger partial charge in [-0.15, -0.1) is 0 Å². The molecule has 0 fully saturated rings. The fourth-order valence-corrected chi connectivity index (χ4v) is 1.02. The molecule has 0 saturated carbocycles. The van der Waals surface area contributed by atoms with Crippen LogP contribution in [0.1, 0.15) is 10.4 Å². The molecule has 4 N–H and O–H groups in total. The van der Waals surface area contributed by atoms with Gasteiger partial charge in [-0.2, -0.15) is 0 Å². The summed E-state index contributed by atoms with van der Waals surface area (Å²) in [5, 5.41) is 8.75. The van der Waals surface area contributed by atoms with Crippen LogP contribution in [0.15, 0.2) is 23.2 Å². The number of methoxy groups -OCH3 is 1. The first kappa shape index (κ1) is 11.0. The quantitative estimate of drug-likeness (QED) is 0.290. The minimum atomic E-state index is -1.01. The molecule has 80 valence electrons. The lowest BCUT2D eigenvalue weighted by atomic mass is 10.2. The average Bonchev–Trinajstić information content (AvgIpc) is 2.25. The summed E-state index contributed by atoms with van der Waals surface area (Å²) in [5.74, 6) is 4.37. The molecule has 6 heteroatoms. The van der Waals surface area contributed by atoms with E-state index >= 15 is 0 Å². The number of carboxylic acid groups (broad SMARTS) is 1. The maximum atomic E-state index is 10.7. The Morgan fingerprint density at radius 3 is 2.93 bits per heavy atom. The van der Waals surface area contributed by atoms with Gasteiger partial charge in [0.25, 0.3) is 0 Å². The molecule has 1 aromatic rings. The van der Waals surface area contributed by atoms with Gasteiger partial charge in [0, 0.05) is 0 Å². The number of nitrogens with one attached hydrogen (secondary N) is 1. The number of nitrogens with zero attached hydrogens (tertiary/aromatic N) is 1. The Balaban J connectivity index is 3.09. The van der Waals surface area contributed by atoms with E-state index in [0.717, 1.165) is 0 Å². The minimum Gasteiger partial charge on any atom is -0.494 e. The molecule has 0 saturated heterocycles. The van der Waals surface area contributed by atoms with Crippen molar-refractivity contribution in [2.24, 2.45) is 10.8 Å². The summed E-state index contributed by atoms with van der Waals surface area (Å²) in [6.45, 7) is 0. The summed E-state index contributed by atoms with van der Waals surface area (Å²) >= 11 is 0. The third kappa shape index (κ3) is 2.68. The van der Waals surface area contributed by atoms with E-state index in [9.17, 15) is 4.79 Å². The standard InChI is InChI=1S/C9H11N3O3/c1-15-8-4-6(9(13)14)2-3-7(8)11-5-12-10/h2-5H,10H2,1H3,(H,11,12)(H,13,14). The van der Waals surface area contributed by atoms with Crippen LogP contribution in [-0.4, -0.2) is 24.5 Å². The fourth-order valence-electron chi connectivity index (χ4n) is 1.02. The molecule has 0 aliphatic heterocycles. The first-order valence-corrected chi connectivity index (χ1v) is 4.09. The van der Waals surface area contributed by atoms with Crippen LogP contribution < -0.4 is 16.0 Å². The molecule has 0 radical (unpaired) electrons. The van der Waals surface area contributed by atoms with Gasteiger partial charge in [-0.1, -0.05) is 0 Å². The molecule has 0 atom stereocenters. The normalized spacial score (nSPS) is 10.3. The Kier molecular flexibility index (Phi) is 3.64. The molecule has 0 aliphatic carbocycles. The highest BCUT2D eigenvalue weighted by Gasteiger charge is 2.07. The highest BCUT2D eigenvalue weighted by Crippen LogP contribution is 2.27. The third-order valence-electron chi connectivity index (χ3n) is 1.70. The lowest BCUT2D eigenvalue weighted by Crippen LogP contribution is -2.18. The molecule has 0 amide bonds. The number of hydrazine groups is 1. The van der Waals surface area contributed by atoms with Gasteiger partial charge >= 0.3 is 5.97 Å². The van der Waals surface area contributed by atoms with Crippen LogP contribution in [-0.2, 0) is 0 Å². The second-order valence-corrected chi connectivity index (χ2v) is 2.62. The molecule has 6 nitrogen and oxygen atoms in total. The summed E-state index contributed by atoms with van der Waals surface area (Å²) in [6, 6.07) is 4.37. The van der Waals surface area contributed by atoms with Crippen LogP contribution in [0, 0.1) is 0 Å². The van der Waals surface area contributed by atoms with Crippen molar-refractivity contribution in [2.75, 3.05) is 7.11 Å². The summed E-state index contributed by atoms with van der Waals surface area (Å²) in [6.07, 6.45) is 1.28. The number of carbonyl (C=O) groups is 1. The number of hydrogen-bond donors (Lipinski definition) is 3. The van der Waals surface area contributed by atoms with Gasteiger partial charge in [-0.25, -0.2) is 15.6 Å². The Morgan fingerprint density at radius 2 is 2.40 bits per heavy atom. The molecule has 0 aliphatic rings. The molecular weight excluding hydrogens is 198 g/mol. The maximum Gasteiger partial charge on any atom is 0.335 e. The summed E-state index contributed by atoms with van der Waals surface area (Å²) < 4.78 is 4.99. The molecule has 0 spiro atoms. The summed E-state index contributed by atoms with van der Waals surface area (Å²) in [5.41, 5.74) is 2.89. The zero-order valence-electron chi connectivity index (χ0n) is 8.10. The monoisotopic (exact) mass is 209 g/mol. The molecule has 0 heterocycles. The predicted molar refractivity (Wildman–Crippen MR) is 55.4 cm³/mol. The SMILES string of the molecule is COc1cc(C(=O)O)ccc1N=CNN. The van der Waals surface area contributed by atoms with Crippen molar-refractivity contribution < 1.29 is 14.6 Å². The Bertz CT molecular complexity index is 390. The first-order valence-electron chi connectivity index (χ1n) is 4.09. The molecular formula is C9H11N3O3. The van der Waals surface area contributed by atoms with E-state index in [-0.39, 0.29) is 5.56 Å². The van der Waals surface area contributed by atoms with E-state index < -0.39 is 5.97 Å². The van der Waals surface area contributed by atoms with Gasteiger partial charge in [-0.05, 0) is 18.2 Å². The lowest BCUT2D eigenvalue weighted by Gasteiger charge is -2.04. The van der Waals surface area contributed by atoms with E-state index in [1.807, 2.05) is 0 Å². The van der Waals surface area contributed by atoms with Crippen LogP contribution in [0.25, 0.3) is 0 Å². The van der Waals surface area contributed by atoms with E-state index in [4.69, 9.17) is 15.7 Å². The van der Waals surface area contributed by atoms with E-state index in [1.54, 1.807) is 0 Å². The first-order chi connectivity index (χ1) is 7.19. The maximum absolute atomic E-state index is 10.7. The zero-order valence-corrected chi connectivity index (χ0v) is 8.10. The second kappa shape index (κ2) is 4.97. The van der Waals surface area contributed by atoms with Gasteiger partial charge in [0.15, 0.2) is 0 Å². The van der Waals surface area contributed by atoms with Gasteiger partial charge in [-0.3, -0.25) is 0 Å². The van der Waals surface area contributed by atoms with Crippen molar-refractivity contribution in [3.8, 4) is 5.75 Å². The number of aliphatic imine (C=N–C) groups is 1. The van der Waals surface area contributed by atoms with Crippen molar-refractivity contribution in [3.05, 3.63) is 23.8 Å². The Hall–Kier alpha value is -2.08. The minimum absolute atomic E-state index is 0.145. The highest BCUT2D eigenvalue weighted by atomic mass is 16.5. The average molecular weight is 209 g/mol. The van der Waals surface area contributed by atoms with Gasteiger partial charge in [0.1, 0.15) is 17.8 Å². The number of ether oxygens (including phenoxy) is 1. The largest absolute Gasteiger partial charge is 0.494 e. The fraction of sp³-hybridized carbons (Fsp3) is 0.111. The number of carboxylic acids is 1.